The number of hydrogen-bond acceptors (Lipinski definition) is 2. The second-order valence-electron chi connectivity index (χ2n) is 7.96. The Morgan fingerprint density at radius 1 is 1.20 bits per heavy atom. The Bertz CT molecular complexity index is 1250. The maximum atomic E-state index is 14.6. The number of H-pyrrole nitrogens is 1. The minimum atomic E-state index is -0.321. The highest BCUT2D eigenvalue weighted by Crippen LogP contribution is 2.31. The highest BCUT2D eigenvalue weighted by Gasteiger charge is 2.30. The van der Waals surface area contributed by atoms with Crippen molar-refractivity contribution in [2.24, 2.45) is 0 Å². The quantitative estimate of drug-likeness (QED) is 0.544. The molecule has 1 amide bonds. The number of nitrogens with one attached hydrogen (secondary N) is 1. The van der Waals surface area contributed by atoms with Crippen LogP contribution in [0.5, 0.6) is 0 Å². The third-order valence-electron chi connectivity index (χ3n) is 5.97. The van der Waals surface area contributed by atoms with Gasteiger partial charge in [0, 0.05) is 41.9 Å². The lowest BCUT2D eigenvalue weighted by atomic mass is 10.1. The summed E-state index contributed by atoms with van der Waals surface area (Å²) in [6, 6.07) is 13.1. The third kappa shape index (κ3) is 2.91. The number of para-hydroxylation sites is 1. The van der Waals surface area contributed by atoms with Gasteiger partial charge < -0.3 is 9.88 Å². The average molecular weight is 402 g/mol. The molecule has 5 rings (SSSR count). The Morgan fingerprint density at radius 3 is 2.87 bits per heavy atom. The molecule has 6 heteroatoms. The molecule has 0 spiro atoms. The average Bonchev–Trinajstić information content (AvgIpc) is 3.45. The first kappa shape index (κ1) is 18.6. The first-order chi connectivity index (χ1) is 14.5. The second-order valence-corrected chi connectivity index (χ2v) is 7.96. The van der Waals surface area contributed by atoms with Gasteiger partial charge in [0.1, 0.15) is 11.5 Å². The van der Waals surface area contributed by atoms with E-state index >= 15 is 0 Å². The van der Waals surface area contributed by atoms with Gasteiger partial charge in [0.2, 0.25) is 0 Å². The van der Waals surface area contributed by atoms with Crippen molar-refractivity contribution in [3.05, 3.63) is 82.6 Å². The fourth-order valence-corrected chi connectivity index (χ4v) is 4.48. The molecular weight excluding hydrogens is 379 g/mol. The van der Waals surface area contributed by atoms with Crippen molar-refractivity contribution in [2.45, 2.75) is 32.7 Å². The molecule has 0 fully saturated rings. The first-order valence-electron chi connectivity index (χ1n) is 10.2. The van der Waals surface area contributed by atoms with Gasteiger partial charge >= 0.3 is 0 Å². The van der Waals surface area contributed by atoms with Crippen LogP contribution < -0.4 is 0 Å². The summed E-state index contributed by atoms with van der Waals surface area (Å²) in [5.74, 6) is -0.452. The van der Waals surface area contributed by atoms with E-state index in [2.05, 4.69) is 10.1 Å². The lowest BCUT2D eigenvalue weighted by Crippen LogP contribution is -2.27. The van der Waals surface area contributed by atoms with Crippen LogP contribution in [0.3, 0.4) is 0 Å². The van der Waals surface area contributed by atoms with E-state index in [1.807, 2.05) is 43.5 Å². The molecule has 152 valence electrons. The largest absolute Gasteiger partial charge is 0.361 e. The van der Waals surface area contributed by atoms with Gasteiger partial charge in [-0.2, -0.15) is 5.10 Å². The predicted octanol–water partition coefficient (Wildman–Crippen LogP) is 4.56. The summed E-state index contributed by atoms with van der Waals surface area (Å²) in [5.41, 5.74) is 5.71. The summed E-state index contributed by atoms with van der Waals surface area (Å²) in [6.45, 7) is 2.35. The van der Waals surface area contributed by atoms with Crippen LogP contribution in [0.2, 0.25) is 0 Å². The molecule has 1 aliphatic rings. The van der Waals surface area contributed by atoms with Gasteiger partial charge in [0.15, 0.2) is 5.69 Å². The Morgan fingerprint density at radius 2 is 2.03 bits per heavy atom. The molecule has 2 heterocycles. The van der Waals surface area contributed by atoms with Gasteiger partial charge in [-0.25, -0.2) is 9.07 Å². The fourth-order valence-electron chi connectivity index (χ4n) is 4.48. The number of amides is 1. The Balaban J connectivity index is 1.51. The van der Waals surface area contributed by atoms with E-state index in [4.69, 9.17) is 0 Å². The molecular formula is C24H23FN4O. The van der Waals surface area contributed by atoms with Crippen molar-refractivity contribution in [1.82, 2.24) is 19.7 Å². The zero-order valence-electron chi connectivity index (χ0n) is 17.1. The second kappa shape index (κ2) is 7.13. The Hall–Kier alpha value is -3.41. The van der Waals surface area contributed by atoms with Gasteiger partial charge in [0.05, 0.1) is 0 Å². The summed E-state index contributed by atoms with van der Waals surface area (Å²) >= 11 is 0. The number of nitrogens with zero attached hydrogens (tertiary/aromatic N) is 3. The normalized spacial score (nSPS) is 13.0. The number of benzene rings is 2. The number of aryl methyl sites for hydroxylation is 1. The number of aromatic amines is 1. The molecule has 1 aliphatic carbocycles. The molecule has 0 unspecified atom stereocenters. The summed E-state index contributed by atoms with van der Waals surface area (Å²) in [7, 11) is 1.79. The highest BCUT2D eigenvalue weighted by atomic mass is 19.1. The van der Waals surface area contributed by atoms with Crippen LogP contribution in [0, 0.1) is 12.7 Å². The third-order valence-corrected chi connectivity index (χ3v) is 5.97. The van der Waals surface area contributed by atoms with Crippen LogP contribution in [0.15, 0.2) is 48.7 Å². The number of halogens is 1. The minimum absolute atomic E-state index is 0.131. The summed E-state index contributed by atoms with van der Waals surface area (Å²) in [4.78, 5) is 18.2. The van der Waals surface area contributed by atoms with Crippen molar-refractivity contribution in [3.8, 4) is 5.69 Å². The lowest BCUT2D eigenvalue weighted by Gasteiger charge is -2.17. The van der Waals surface area contributed by atoms with Crippen molar-refractivity contribution in [1.29, 1.82) is 0 Å². The maximum absolute atomic E-state index is 14.6. The van der Waals surface area contributed by atoms with Crippen molar-refractivity contribution >= 4 is 16.8 Å². The van der Waals surface area contributed by atoms with E-state index < -0.39 is 0 Å². The number of carbonyl (C=O) groups is 1. The molecule has 5 nitrogen and oxygen atoms in total. The van der Waals surface area contributed by atoms with Gasteiger partial charge in [-0.1, -0.05) is 24.3 Å². The monoisotopic (exact) mass is 402 g/mol. The smallest absolute Gasteiger partial charge is 0.274 e. The van der Waals surface area contributed by atoms with Gasteiger partial charge in [0.25, 0.3) is 5.91 Å². The van der Waals surface area contributed by atoms with E-state index in [1.54, 1.807) is 22.7 Å². The van der Waals surface area contributed by atoms with Gasteiger partial charge in [-0.05, 0) is 55.5 Å². The topological polar surface area (TPSA) is 53.9 Å². The maximum Gasteiger partial charge on any atom is 0.274 e. The molecule has 4 aromatic rings. The molecule has 2 aromatic carbocycles. The number of fused-ring (bicyclic) bond motifs is 2. The SMILES string of the molecule is Cc1cccc(F)c1-n1nc(C(=O)N(C)Cc2cccc3[nH]ccc23)c2c1CCC2. The molecule has 0 bridgehead atoms. The lowest BCUT2D eigenvalue weighted by molar-refractivity contribution is 0.0778. The van der Waals surface area contributed by atoms with Crippen LogP contribution in [0.1, 0.15) is 39.3 Å². The van der Waals surface area contributed by atoms with Crippen LogP contribution in [0.25, 0.3) is 16.6 Å². The van der Waals surface area contributed by atoms with Crippen LogP contribution in [-0.2, 0) is 19.4 Å². The standard InChI is InChI=1S/C24H23FN4O/c1-15-6-3-9-19(25)23(15)29-21-11-5-8-18(21)22(27-29)24(30)28(2)14-16-7-4-10-20-17(16)12-13-26-20/h3-4,6-7,9-10,12-13,26H,5,8,11,14H2,1-2H3. The van der Waals surface area contributed by atoms with E-state index in [-0.39, 0.29) is 11.7 Å². The zero-order valence-corrected chi connectivity index (χ0v) is 17.1. The van der Waals surface area contributed by atoms with Gasteiger partial charge in [-0.15, -0.1) is 0 Å². The highest BCUT2D eigenvalue weighted by molar-refractivity contribution is 5.94. The van der Waals surface area contributed by atoms with Crippen LogP contribution in [0.4, 0.5) is 4.39 Å². The molecule has 0 saturated heterocycles. The van der Waals surface area contributed by atoms with E-state index in [0.717, 1.165) is 52.5 Å². The fraction of sp³-hybridized carbons (Fsp3) is 0.250. The molecule has 1 N–H and O–H groups in total. The zero-order chi connectivity index (χ0) is 20.8. The number of rotatable bonds is 4. The minimum Gasteiger partial charge on any atom is -0.361 e. The number of hydrogen-bond donors (Lipinski definition) is 1. The van der Waals surface area contributed by atoms with Crippen molar-refractivity contribution < 1.29 is 9.18 Å². The molecule has 0 radical (unpaired) electrons. The first-order valence-corrected chi connectivity index (χ1v) is 10.2. The van der Waals surface area contributed by atoms with Crippen LogP contribution in [-0.4, -0.2) is 32.6 Å². The Kier molecular flexibility index (Phi) is 4.42. The Labute approximate surface area is 174 Å². The molecule has 0 aliphatic heterocycles. The number of aromatic nitrogens is 3. The number of carbonyl (C=O) groups excluding carboxylic acids is 1. The van der Waals surface area contributed by atoms with E-state index in [9.17, 15) is 9.18 Å². The van der Waals surface area contributed by atoms with E-state index in [1.165, 1.54) is 6.07 Å². The molecule has 0 saturated carbocycles. The van der Waals surface area contributed by atoms with Crippen LogP contribution >= 0.6 is 0 Å². The van der Waals surface area contributed by atoms with Crippen molar-refractivity contribution in [2.75, 3.05) is 7.05 Å². The molecule has 2 aromatic heterocycles. The summed E-state index contributed by atoms with van der Waals surface area (Å²) in [6.07, 6.45) is 4.45. The summed E-state index contributed by atoms with van der Waals surface area (Å²) in [5, 5.41) is 5.72. The molecule has 30 heavy (non-hydrogen) atoms. The van der Waals surface area contributed by atoms with Crippen molar-refractivity contribution in [3.63, 3.8) is 0 Å². The van der Waals surface area contributed by atoms with Gasteiger partial charge in [-0.3, -0.25) is 4.79 Å². The van der Waals surface area contributed by atoms with E-state index in [0.29, 0.717) is 17.9 Å². The molecule has 0 atom stereocenters. The summed E-state index contributed by atoms with van der Waals surface area (Å²) < 4.78 is 16.3. The predicted molar refractivity (Wildman–Crippen MR) is 114 cm³/mol.